The first kappa shape index (κ1) is 19.7. The van der Waals surface area contributed by atoms with Gasteiger partial charge >= 0.3 is 0 Å². The van der Waals surface area contributed by atoms with Crippen molar-refractivity contribution in [3.8, 4) is 0 Å². The zero-order valence-corrected chi connectivity index (χ0v) is 16.3. The molecule has 0 spiro atoms. The van der Waals surface area contributed by atoms with Crippen LogP contribution in [0.5, 0.6) is 0 Å². The Balaban J connectivity index is 1.33. The average Bonchev–Trinajstić information content (AvgIpc) is 2.90. The molecule has 3 aliphatic rings. The molecule has 0 bridgehead atoms. The SMILES string of the molecule is O=C1CCC(N2C(=O)c3ccc(CNCCCCC4CNC4)cc3C2=O)C(=O)N1. The Morgan fingerprint density at radius 3 is 2.55 bits per heavy atom. The van der Waals surface area contributed by atoms with Gasteiger partial charge in [-0.3, -0.25) is 29.4 Å². The predicted octanol–water partition coefficient (Wildman–Crippen LogP) is 0.567. The molecule has 3 N–H and O–H groups in total. The minimum Gasteiger partial charge on any atom is -0.316 e. The van der Waals surface area contributed by atoms with Gasteiger partial charge in [0.25, 0.3) is 11.8 Å². The number of nitrogens with zero attached hydrogens (tertiary/aromatic N) is 1. The number of piperidine rings is 1. The lowest BCUT2D eigenvalue weighted by molar-refractivity contribution is -0.136. The zero-order valence-electron chi connectivity index (χ0n) is 16.3. The van der Waals surface area contributed by atoms with Gasteiger partial charge in [-0.15, -0.1) is 0 Å². The quantitative estimate of drug-likeness (QED) is 0.436. The molecule has 8 nitrogen and oxygen atoms in total. The molecule has 1 unspecified atom stereocenters. The maximum atomic E-state index is 12.8. The third-order valence-corrected chi connectivity index (χ3v) is 5.92. The molecule has 0 saturated carbocycles. The summed E-state index contributed by atoms with van der Waals surface area (Å²) in [5.41, 5.74) is 1.58. The number of fused-ring (bicyclic) bond motifs is 1. The molecule has 29 heavy (non-hydrogen) atoms. The molecule has 2 fully saturated rings. The Labute approximate surface area is 169 Å². The van der Waals surface area contributed by atoms with Crippen molar-refractivity contribution in [2.45, 2.75) is 44.7 Å². The highest BCUT2D eigenvalue weighted by Crippen LogP contribution is 2.28. The number of imide groups is 2. The molecule has 3 aliphatic heterocycles. The summed E-state index contributed by atoms with van der Waals surface area (Å²) in [7, 11) is 0. The number of hydrogen-bond acceptors (Lipinski definition) is 6. The van der Waals surface area contributed by atoms with Crippen LogP contribution in [0.2, 0.25) is 0 Å². The summed E-state index contributed by atoms with van der Waals surface area (Å²) in [5, 5.41) is 8.88. The number of unbranched alkanes of at least 4 members (excludes halogenated alkanes) is 1. The Bertz CT molecular complexity index is 849. The van der Waals surface area contributed by atoms with E-state index in [-0.39, 0.29) is 18.7 Å². The zero-order chi connectivity index (χ0) is 20.4. The van der Waals surface area contributed by atoms with Crippen LogP contribution in [0.4, 0.5) is 0 Å². The van der Waals surface area contributed by atoms with Crippen LogP contribution in [0.1, 0.15) is 58.4 Å². The highest BCUT2D eigenvalue weighted by atomic mass is 16.2. The fourth-order valence-electron chi connectivity index (χ4n) is 4.10. The van der Waals surface area contributed by atoms with Gasteiger partial charge in [-0.25, -0.2) is 0 Å². The second kappa shape index (κ2) is 8.42. The molecule has 0 radical (unpaired) electrons. The minimum atomic E-state index is -0.924. The molecule has 8 heteroatoms. The van der Waals surface area contributed by atoms with E-state index in [2.05, 4.69) is 16.0 Å². The summed E-state index contributed by atoms with van der Waals surface area (Å²) < 4.78 is 0. The molecule has 4 amide bonds. The second-order valence-corrected chi connectivity index (χ2v) is 8.02. The molecule has 154 valence electrons. The van der Waals surface area contributed by atoms with Crippen molar-refractivity contribution in [2.75, 3.05) is 19.6 Å². The predicted molar refractivity (Wildman–Crippen MR) is 105 cm³/mol. The van der Waals surface area contributed by atoms with E-state index in [1.54, 1.807) is 12.1 Å². The van der Waals surface area contributed by atoms with Crippen LogP contribution in [0, 0.1) is 5.92 Å². The van der Waals surface area contributed by atoms with Gasteiger partial charge < -0.3 is 10.6 Å². The Morgan fingerprint density at radius 2 is 1.83 bits per heavy atom. The van der Waals surface area contributed by atoms with Gasteiger partial charge in [0.2, 0.25) is 11.8 Å². The highest BCUT2D eigenvalue weighted by molar-refractivity contribution is 6.23. The fourth-order valence-corrected chi connectivity index (χ4v) is 4.10. The summed E-state index contributed by atoms with van der Waals surface area (Å²) in [5.74, 6) is -1.06. The molecule has 0 aliphatic carbocycles. The first-order valence-electron chi connectivity index (χ1n) is 10.3. The van der Waals surface area contributed by atoms with Crippen LogP contribution in [-0.4, -0.2) is 54.2 Å². The van der Waals surface area contributed by atoms with Gasteiger partial charge in [0.05, 0.1) is 11.1 Å². The molecule has 1 atom stereocenters. The molecule has 4 rings (SSSR count). The van der Waals surface area contributed by atoms with Gasteiger partial charge in [0.1, 0.15) is 6.04 Å². The van der Waals surface area contributed by atoms with Gasteiger partial charge in [-0.2, -0.15) is 0 Å². The third kappa shape index (κ3) is 4.09. The average molecular weight is 398 g/mol. The van der Waals surface area contributed by atoms with E-state index >= 15 is 0 Å². The minimum absolute atomic E-state index is 0.121. The van der Waals surface area contributed by atoms with Crippen LogP contribution in [0.25, 0.3) is 0 Å². The largest absolute Gasteiger partial charge is 0.316 e. The van der Waals surface area contributed by atoms with Crippen molar-refractivity contribution in [1.82, 2.24) is 20.9 Å². The summed E-state index contributed by atoms with van der Waals surface area (Å²) in [4.78, 5) is 49.9. The topological polar surface area (TPSA) is 108 Å². The lowest BCUT2D eigenvalue weighted by Crippen LogP contribution is -2.54. The van der Waals surface area contributed by atoms with Gasteiger partial charge in [-0.05, 0) is 62.5 Å². The summed E-state index contributed by atoms with van der Waals surface area (Å²) >= 11 is 0. The van der Waals surface area contributed by atoms with Gasteiger partial charge in [0, 0.05) is 13.0 Å². The van der Waals surface area contributed by atoms with Crippen molar-refractivity contribution in [3.05, 3.63) is 34.9 Å². The van der Waals surface area contributed by atoms with Crippen molar-refractivity contribution in [3.63, 3.8) is 0 Å². The molecular weight excluding hydrogens is 372 g/mol. The van der Waals surface area contributed by atoms with Crippen LogP contribution >= 0.6 is 0 Å². The monoisotopic (exact) mass is 398 g/mol. The smallest absolute Gasteiger partial charge is 0.262 e. The Kier molecular flexibility index (Phi) is 5.73. The number of carbonyl (C=O) groups is 4. The van der Waals surface area contributed by atoms with Crippen molar-refractivity contribution in [1.29, 1.82) is 0 Å². The summed E-state index contributed by atoms with van der Waals surface area (Å²) in [6, 6.07) is 4.30. The first-order valence-corrected chi connectivity index (χ1v) is 10.3. The van der Waals surface area contributed by atoms with Crippen molar-refractivity contribution < 1.29 is 19.2 Å². The molecule has 1 aromatic carbocycles. The van der Waals surface area contributed by atoms with Crippen LogP contribution in [0.3, 0.4) is 0 Å². The maximum absolute atomic E-state index is 12.8. The normalized spacial score (nSPS) is 21.9. The Morgan fingerprint density at radius 1 is 1.03 bits per heavy atom. The van der Waals surface area contributed by atoms with E-state index in [0.29, 0.717) is 17.7 Å². The van der Waals surface area contributed by atoms with E-state index in [0.717, 1.165) is 42.4 Å². The lowest BCUT2D eigenvalue weighted by atomic mass is 9.96. The second-order valence-electron chi connectivity index (χ2n) is 8.02. The number of carbonyl (C=O) groups excluding carboxylic acids is 4. The molecule has 3 heterocycles. The van der Waals surface area contributed by atoms with E-state index in [1.807, 2.05) is 6.07 Å². The van der Waals surface area contributed by atoms with E-state index in [9.17, 15) is 19.2 Å². The molecule has 2 saturated heterocycles. The highest BCUT2D eigenvalue weighted by Gasteiger charge is 2.44. The van der Waals surface area contributed by atoms with Crippen molar-refractivity contribution >= 4 is 23.6 Å². The number of amides is 4. The van der Waals surface area contributed by atoms with Crippen molar-refractivity contribution in [2.24, 2.45) is 5.92 Å². The number of nitrogens with one attached hydrogen (secondary N) is 3. The summed E-state index contributed by atoms with van der Waals surface area (Å²) in [6.07, 6.45) is 3.87. The van der Waals surface area contributed by atoms with E-state index in [4.69, 9.17) is 0 Å². The van der Waals surface area contributed by atoms with Gasteiger partial charge in [0.15, 0.2) is 0 Å². The summed E-state index contributed by atoms with van der Waals surface area (Å²) in [6.45, 7) is 3.82. The maximum Gasteiger partial charge on any atom is 0.262 e. The molecule has 1 aromatic rings. The van der Waals surface area contributed by atoms with E-state index in [1.165, 1.54) is 12.8 Å². The number of hydrogen-bond donors (Lipinski definition) is 3. The standard InChI is InChI=1S/C21H26N4O4/c26-18-7-6-17(19(27)24-18)25-20(28)15-5-4-13(9-16(15)21(25)29)10-22-8-2-1-3-14-11-23-12-14/h4-5,9,14,17,22-23H,1-3,6-8,10-12H2,(H,24,26,27). The van der Waals surface area contributed by atoms with E-state index < -0.39 is 23.8 Å². The Hall–Kier alpha value is -2.58. The lowest BCUT2D eigenvalue weighted by Gasteiger charge is -2.27. The van der Waals surface area contributed by atoms with Gasteiger partial charge in [-0.1, -0.05) is 12.5 Å². The van der Waals surface area contributed by atoms with Crippen LogP contribution in [0.15, 0.2) is 18.2 Å². The molecular formula is C21H26N4O4. The molecule has 0 aromatic heterocycles. The fraction of sp³-hybridized carbons (Fsp3) is 0.524. The first-order chi connectivity index (χ1) is 14.0. The van der Waals surface area contributed by atoms with Crippen LogP contribution < -0.4 is 16.0 Å². The third-order valence-electron chi connectivity index (χ3n) is 5.92. The number of rotatable bonds is 8. The van der Waals surface area contributed by atoms with Crippen LogP contribution in [-0.2, 0) is 16.1 Å². The number of benzene rings is 1.